The summed E-state index contributed by atoms with van der Waals surface area (Å²) in [5.74, 6) is -0.988. The quantitative estimate of drug-likeness (QED) is 0.719. The highest BCUT2D eigenvalue weighted by Crippen LogP contribution is 2.08. The van der Waals surface area contributed by atoms with Crippen LogP contribution in [0, 0.1) is 0 Å². The van der Waals surface area contributed by atoms with Gasteiger partial charge in [0.25, 0.3) is 0 Å². The van der Waals surface area contributed by atoms with Crippen molar-refractivity contribution in [1.82, 2.24) is 0 Å². The van der Waals surface area contributed by atoms with Crippen LogP contribution in [-0.4, -0.2) is 11.1 Å². The average Bonchev–Trinajstić information content (AvgIpc) is 2.32. The number of rotatable bonds is 1. The maximum absolute atomic E-state index is 10.3. The molecule has 0 fully saturated rings. The number of carboxylic acids is 1. The molecule has 3 N–H and O–H groups in total. The molecular formula is C13H13NO2. The fourth-order valence-corrected chi connectivity index (χ4v) is 1.08. The Morgan fingerprint density at radius 2 is 1.31 bits per heavy atom. The summed E-state index contributed by atoms with van der Waals surface area (Å²) in [5, 5.41) is 8.49. The van der Waals surface area contributed by atoms with Gasteiger partial charge in [-0.3, -0.25) is 0 Å². The van der Waals surface area contributed by atoms with Gasteiger partial charge in [-0.1, -0.05) is 48.5 Å². The maximum Gasteiger partial charge on any atom is 0.337 e. The van der Waals surface area contributed by atoms with Crippen LogP contribution in [-0.2, 0) is 0 Å². The predicted octanol–water partition coefficient (Wildman–Crippen LogP) is 2.65. The molecule has 0 amide bonds. The van der Waals surface area contributed by atoms with Crippen molar-refractivity contribution < 1.29 is 9.90 Å². The van der Waals surface area contributed by atoms with Crippen molar-refractivity contribution in [2.45, 2.75) is 0 Å². The van der Waals surface area contributed by atoms with Crippen LogP contribution in [0.4, 0.5) is 5.69 Å². The number of aromatic carboxylic acids is 1. The normalized spacial score (nSPS) is 8.75. The van der Waals surface area contributed by atoms with Crippen LogP contribution in [0.5, 0.6) is 0 Å². The highest BCUT2D eigenvalue weighted by Gasteiger charge is 2.03. The Kier molecular flexibility index (Phi) is 4.60. The molecule has 0 atom stereocenters. The topological polar surface area (TPSA) is 63.3 Å². The first-order valence-corrected chi connectivity index (χ1v) is 4.79. The lowest BCUT2D eigenvalue weighted by Gasteiger charge is -1.96. The van der Waals surface area contributed by atoms with Gasteiger partial charge < -0.3 is 10.8 Å². The van der Waals surface area contributed by atoms with Crippen molar-refractivity contribution in [2.24, 2.45) is 0 Å². The lowest BCUT2D eigenvalue weighted by molar-refractivity contribution is 0.0698. The number of nitrogen functional groups attached to an aromatic ring is 1. The van der Waals surface area contributed by atoms with E-state index in [0.29, 0.717) is 5.69 Å². The first-order chi connectivity index (χ1) is 7.72. The van der Waals surface area contributed by atoms with Crippen molar-refractivity contribution in [3.8, 4) is 0 Å². The van der Waals surface area contributed by atoms with Gasteiger partial charge in [0.1, 0.15) is 0 Å². The molecule has 0 radical (unpaired) electrons. The largest absolute Gasteiger partial charge is 0.478 e. The molecule has 2 aromatic rings. The van der Waals surface area contributed by atoms with E-state index in [-0.39, 0.29) is 5.56 Å². The van der Waals surface area contributed by atoms with Gasteiger partial charge in [-0.2, -0.15) is 0 Å². The Hall–Kier alpha value is -2.29. The molecule has 0 heterocycles. The molecule has 82 valence electrons. The fourth-order valence-electron chi connectivity index (χ4n) is 1.08. The van der Waals surface area contributed by atoms with Crippen LogP contribution < -0.4 is 5.73 Å². The number of carbonyl (C=O) groups is 1. The van der Waals surface area contributed by atoms with E-state index < -0.39 is 5.97 Å². The summed E-state index contributed by atoms with van der Waals surface area (Å²) < 4.78 is 0. The zero-order valence-corrected chi connectivity index (χ0v) is 8.71. The van der Waals surface area contributed by atoms with Crippen LogP contribution >= 0.6 is 0 Å². The maximum atomic E-state index is 10.3. The van der Waals surface area contributed by atoms with Gasteiger partial charge in [-0.15, -0.1) is 0 Å². The molecule has 0 aromatic heterocycles. The van der Waals surface area contributed by atoms with E-state index >= 15 is 0 Å². The zero-order valence-electron chi connectivity index (χ0n) is 8.71. The van der Waals surface area contributed by atoms with Crippen LogP contribution in [0.25, 0.3) is 0 Å². The molecule has 3 nitrogen and oxygen atoms in total. The summed E-state index contributed by atoms with van der Waals surface area (Å²) in [6, 6.07) is 18.4. The number of benzene rings is 2. The number of nitrogens with two attached hydrogens (primary N) is 1. The minimum Gasteiger partial charge on any atom is -0.478 e. The van der Waals surface area contributed by atoms with Gasteiger partial charge in [0, 0.05) is 5.69 Å². The lowest BCUT2D eigenvalue weighted by Crippen LogP contribution is -2.00. The van der Waals surface area contributed by atoms with Gasteiger partial charge in [-0.25, -0.2) is 4.79 Å². The average molecular weight is 215 g/mol. The third kappa shape index (κ3) is 3.84. The van der Waals surface area contributed by atoms with E-state index in [1.807, 2.05) is 36.4 Å². The van der Waals surface area contributed by atoms with Gasteiger partial charge in [0.15, 0.2) is 0 Å². The summed E-state index contributed by atoms with van der Waals surface area (Å²) in [6.45, 7) is 0. The Morgan fingerprint density at radius 3 is 1.62 bits per heavy atom. The summed E-state index contributed by atoms with van der Waals surface area (Å²) in [6.07, 6.45) is 0. The lowest BCUT2D eigenvalue weighted by atomic mass is 10.2. The van der Waals surface area contributed by atoms with Crippen molar-refractivity contribution in [2.75, 3.05) is 5.73 Å². The smallest absolute Gasteiger partial charge is 0.337 e. The minimum atomic E-state index is -0.988. The zero-order chi connectivity index (χ0) is 11.8. The van der Waals surface area contributed by atoms with E-state index in [0.717, 1.165) is 0 Å². The molecule has 0 bridgehead atoms. The second-order valence-corrected chi connectivity index (χ2v) is 3.05. The number of para-hydroxylation sites is 1. The van der Waals surface area contributed by atoms with Crippen molar-refractivity contribution in [1.29, 1.82) is 0 Å². The molecule has 0 unspecified atom stereocenters. The Labute approximate surface area is 94.2 Å². The molecule has 3 heteroatoms. The molecule has 0 aliphatic rings. The molecule has 16 heavy (non-hydrogen) atoms. The Balaban J connectivity index is 0.000000181. The molecule has 2 aromatic carbocycles. The second-order valence-electron chi connectivity index (χ2n) is 3.05. The van der Waals surface area contributed by atoms with E-state index in [9.17, 15) is 4.79 Å². The highest BCUT2D eigenvalue weighted by atomic mass is 16.4. The molecule has 0 aliphatic heterocycles. The molecular weight excluding hydrogens is 202 g/mol. The van der Waals surface area contributed by atoms with E-state index in [2.05, 4.69) is 0 Å². The monoisotopic (exact) mass is 215 g/mol. The van der Waals surface area contributed by atoms with Gasteiger partial charge >= 0.3 is 5.97 Å². The third-order valence-corrected chi connectivity index (χ3v) is 1.86. The molecule has 0 aliphatic carbocycles. The van der Waals surface area contributed by atoms with Crippen LogP contribution in [0.1, 0.15) is 10.4 Å². The molecule has 2 rings (SSSR count). The Bertz CT molecular complexity index is 414. The van der Waals surface area contributed by atoms with Crippen LogP contribution in [0.2, 0.25) is 0 Å². The second kappa shape index (κ2) is 6.24. The van der Waals surface area contributed by atoms with Crippen molar-refractivity contribution in [3.05, 3.63) is 66.2 Å². The predicted molar refractivity (Wildman–Crippen MR) is 64.3 cm³/mol. The summed E-state index contributed by atoms with van der Waals surface area (Å²) in [7, 11) is 0. The first kappa shape index (κ1) is 11.8. The molecule has 0 saturated heterocycles. The van der Waals surface area contributed by atoms with Gasteiger partial charge in [-0.05, 0) is 12.1 Å². The van der Waals surface area contributed by atoms with Crippen LogP contribution in [0.15, 0.2) is 60.7 Å². The van der Waals surface area contributed by atoms with E-state index in [4.69, 9.17) is 10.8 Å². The van der Waals surface area contributed by atoms with Crippen molar-refractivity contribution >= 4 is 11.7 Å². The van der Waals surface area contributed by atoms with Gasteiger partial charge in [0.2, 0.25) is 0 Å². The summed E-state index contributed by atoms with van der Waals surface area (Å²) in [4.78, 5) is 10.3. The standard InChI is InChI=1S/C7H7NO2.C6H6/c8-6-4-2-1-3-5(6)7(9)10;1-2-4-6-5-3-1/h1-4H,8H2,(H,9,10);1-6H. The fraction of sp³-hybridized carbons (Fsp3) is 0. The highest BCUT2D eigenvalue weighted by molar-refractivity contribution is 5.93. The SMILES string of the molecule is Nc1ccccc1C(=O)O.c1ccccc1. The Morgan fingerprint density at radius 1 is 0.875 bits per heavy atom. The van der Waals surface area contributed by atoms with E-state index in [1.165, 1.54) is 6.07 Å². The number of hydrogen-bond acceptors (Lipinski definition) is 2. The molecule has 0 saturated carbocycles. The number of hydrogen-bond donors (Lipinski definition) is 2. The number of anilines is 1. The van der Waals surface area contributed by atoms with Gasteiger partial charge in [0.05, 0.1) is 5.56 Å². The first-order valence-electron chi connectivity index (χ1n) is 4.79. The van der Waals surface area contributed by atoms with Crippen molar-refractivity contribution in [3.63, 3.8) is 0 Å². The molecule has 0 spiro atoms. The number of carboxylic acid groups (broad SMARTS) is 1. The minimum absolute atomic E-state index is 0.155. The summed E-state index contributed by atoms with van der Waals surface area (Å²) in [5.41, 5.74) is 5.80. The van der Waals surface area contributed by atoms with Crippen LogP contribution in [0.3, 0.4) is 0 Å². The third-order valence-electron chi connectivity index (χ3n) is 1.86. The van der Waals surface area contributed by atoms with E-state index in [1.54, 1.807) is 18.2 Å². The summed E-state index contributed by atoms with van der Waals surface area (Å²) >= 11 is 0.